The molecule has 29 heavy (non-hydrogen) atoms. The Morgan fingerprint density at radius 3 is 2.24 bits per heavy atom. The summed E-state index contributed by atoms with van der Waals surface area (Å²) in [6.45, 7) is 5.98. The lowest BCUT2D eigenvalue weighted by Crippen LogP contribution is -2.45. The van der Waals surface area contributed by atoms with Crippen molar-refractivity contribution in [1.82, 2.24) is 4.90 Å². The molecule has 0 aliphatic carbocycles. The van der Waals surface area contributed by atoms with Crippen LogP contribution in [0.25, 0.3) is 0 Å². The molecule has 3 rings (SSSR count). The second kappa shape index (κ2) is 8.83. The first kappa shape index (κ1) is 20.5. The van der Waals surface area contributed by atoms with Gasteiger partial charge in [0.15, 0.2) is 0 Å². The molecule has 0 spiro atoms. The van der Waals surface area contributed by atoms with Gasteiger partial charge in [-0.15, -0.1) is 0 Å². The minimum Gasteiger partial charge on any atom is -0.444 e. The van der Waals surface area contributed by atoms with Crippen LogP contribution in [-0.2, 0) is 9.53 Å². The molecule has 1 atom stereocenters. The quantitative estimate of drug-likeness (QED) is 0.772. The van der Waals surface area contributed by atoms with Crippen molar-refractivity contribution in [2.75, 3.05) is 11.9 Å². The second-order valence-corrected chi connectivity index (χ2v) is 8.01. The molecule has 0 unspecified atom stereocenters. The van der Waals surface area contributed by atoms with Gasteiger partial charge in [-0.2, -0.15) is 0 Å². The third-order valence-corrected chi connectivity index (χ3v) is 4.46. The van der Waals surface area contributed by atoms with Gasteiger partial charge in [0.2, 0.25) is 5.91 Å². The number of benzene rings is 2. The number of likely N-dealkylation sites (tertiary alicyclic amines) is 1. The normalized spacial score (nSPS) is 16.0. The minimum absolute atomic E-state index is 0.198. The molecule has 2 aromatic rings. The zero-order valence-electron chi connectivity index (χ0n) is 17.1. The zero-order valence-corrected chi connectivity index (χ0v) is 17.1. The molecule has 5 nitrogen and oxygen atoms in total. The van der Waals surface area contributed by atoms with E-state index in [1.807, 2.05) is 75.4 Å². The van der Waals surface area contributed by atoms with Gasteiger partial charge in [-0.3, -0.25) is 9.69 Å². The summed E-state index contributed by atoms with van der Waals surface area (Å²) in [5, 5.41) is 2.90. The summed E-state index contributed by atoms with van der Waals surface area (Å²) in [7, 11) is 0. The number of carbonyl (C=O) groups is 2. The maximum atomic E-state index is 12.7. The molecule has 5 heteroatoms. The van der Waals surface area contributed by atoms with E-state index >= 15 is 0 Å². The number of ether oxygens (including phenoxy) is 1. The number of nitrogens with one attached hydrogen (secondary N) is 1. The van der Waals surface area contributed by atoms with Gasteiger partial charge in [-0.1, -0.05) is 30.0 Å². The summed E-state index contributed by atoms with van der Waals surface area (Å²) < 4.78 is 5.42. The molecule has 1 N–H and O–H groups in total. The first-order chi connectivity index (χ1) is 13.8. The standard InChI is InChI=1S/C24H26N2O3/c1-24(2,3)29-23(28)26-17-7-10-21(26)22(27)25-20-15-13-19(14-16-20)12-11-18-8-5-4-6-9-18/h4-6,8-9,13-16,21H,7,10,17H2,1-3H3,(H,25,27)/t21-/m1/s1. The smallest absolute Gasteiger partial charge is 0.410 e. The predicted octanol–water partition coefficient (Wildman–Crippen LogP) is 4.42. The SMILES string of the molecule is CC(C)(C)OC(=O)N1CCC[C@@H]1C(=O)Nc1ccc(C#Cc2ccccc2)cc1. The van der Waals surface area contributed by atoms with E-state index in [2.05, 4.69) is 17.2 Å². The largest absolute Gasteiger partial charge is 0.444 e. The lowest BCUT2D eigenvalue weighted by atomic mass is 10.1. The fourth-order valence-corrected chi connectivity index (χ4v) is 3.11. The van der Waals surface area contributed by atoms with Crippen LogP contribution in [0.5, 0.6) is 0 Å². The number of hydrogen-bond acceptors (Lipinski definition) is 3. The van der Waals surface area contributed by atoms with Gasteiger partial charge >= 0.3 is 6.09 Å². The van der Waals surface area contributed by atoms with Crippen LogP contribution >= 0.6 is 0 Å². The highest BCUT2D eigenvalue weighted by molar-refractivity contribution is 5.96. The molecule has 0 aromatic heterocycles. The molecular formula is C24H26N2O3. The maximum Gasteiger partial charge on any atom is 0.410 e. The van der Waals surface area contributed by atoms with Gasteiger partial charge in [-0.05, 0) is 70.0 Å². The molecule has 1 aliphatic heterocycles. The molecule has 150 valence electrons. The summed E-state index contributed by atoms with van der Waals surface area (Å²) in [5.74, 6) is 6.02. The average Bonchev–Trinajstić information content (AvgIpc) is 3.17. The van der Waals surface area contributed by atoms with E-state index in [1.54, 1.807) is 0 Å². The number of carbonyl (C=O) groups excluding carboxylic acids is 2. The highest BCUT2D eigenvalue weighted by Crippen LogP contribution is 2.22. The van der Waals surface area contributed by atoms with Gasteiger partial charge in [0.25, 0.3) is 0 Å². The summed E-state index contributed by atoms with van der Waals surface area (Å²) in [5.41, 5.74) is 1.91. The molecule has 1 saturated heterocycles. The van der Waals surface area contributed by atoms with E-state index in [1.165, 1.54) is 4.90 Å². The van der Waals surface area contributed by atoms with Crippen molar-refractivity contribution >= 4 is 17.7 Å². The Morgan fingerprint density at radius 2 is 1.62 bits per heavy atom. The molecule has 2 aromatic carbocycles. The van der Waals surface area contributed by atoms with Crippen molar-refractivity contribution in [1.29, 1.82) is 0 Å². The van der Waals surface area contributed by atoms with Crippen LogP contribution in [0.3, 0.4) is 0 Å². The van der Waals surface area contributed by atoms with Crippen LogP contribution < -0.4 is 5.32 Å². The van der Waals surface area contributed by atoms with E-state index in [9.17, 15) is 9.59 Å². The molecule has 1 heterocycles. The van der Waals surface area contributed by atoms with Gasteiger partial charge in [-0.25, -0.2) is 4.79 Å². The molecule has 0 bridgehead atoms. The lowest BCUT2D eigenvalue weighted by molar-refractivity contribution is -0.120. The van der Waals surface area contributed by atoms with Crippen LogP contribution in [-0.4, -0.2) is 35.1 Å². The number of hydrogen-bond donors (Lipinski definition) is 1. The first-order valence-corrected chi connectivity index (χ1v) is 9.79. The molecule has 1 aliphatic rings. The lowest BCUT2D eigenvalue weighted by Gasteiger charge is -2.28. The van der Waals surface area contributed by atoms with Crippen molar-refractivity contribution < 1.29 is 14.3 Å². The first-order valence-electron chi connectivity index (χ1n) is 9.79. The van der Waals surface area contributed by atoms with E-state index in [4.69, 9.17) is 4.74 Å². The van der Waals surface area contributed by atoms with Crippen LogP contribution in [0.1, 0.15) is 44.7 Å². The second-order valence-electron chi connectivity index (χ2n) is 8.01. The van der Waals surface area contributed by atoms with Crippen LogP contribution in [0.4, 0.5) is 10.5 Å². The van der Waals surface area contributed by atoms with E-state index in [-0.39, 0.29) is 5.91 Å². The highest BCUT2D eigenvalue weighted by Gasteiger charge is 2.36. The zero-order chi connectivity index (χ0) is 20.9. The number of nitrogens with zero attached hydrogens (tertiary/aromatic N) is 1. The Labute approximate surface area is 172 Å². The van der Waals surface area contributed by atoms with E-state index in [0.717, 1.165) is 17.5 Å². The number of rotatable bonds is 2. The molecular weight excluding hydrogens is 364 g/mol. The summed E-state index contributed by atoms with van der Waals surface area (Å²) >= 11 is 0. The number of anilines is 1. The van der Waals surface area contributed by atoms with Gasteiger partial charge in [0.1, 0.15) is 11.6 Å². The summed E-state index contributed by atoms with van der Waals surface area (Å²) in [6, 6.07) is 16.6. The Balaban J connectivity index is 1.61. The van der Waals surface area contributed by atoms with Crippen molar-refractivity contribution in [2.45, 2.75) is 45.3 Å². The highest BCUT2D eigenvalue weighted by atomic mass is 16.6. The molecule has 0 saturated carbocycles. The predicted molar refractivity (Wildman–Crippen MR) is 113 cm³/mol. The fourth-order valence-electron chi connectivity index (χ4n) is 3.11. The summed E-state index contributed by atoms with van der Waals surface area (Å²) in [6.07, 6.45) is 0.971. The van der Waals surface area contributed by atoms with Gasteiger partial charge in [0, 0.05) is 23.4 Å². The van der Waals surface area contributed by atoms with Crippen molar-refractivity contribution in [3.8, 4) is 11.8 Å². The Bertz CT molecular complexity index is 919. The summed E-state index contributed by atoms with van der Waals surface area (Å²) in [4.78, 5) is 26.6. The van der Waals surface area contributed by atoms with Crippen LogP contribution in [0.2, 0.25) is 0 Å². The average molecular weight is 390 g/mol. The maximum absolute atomic E-state index is 12.7. The third kappa shape index (κ3) is 5.86. The molecule has 1 fully saturated rings. The Hall–Kier alpha value is -3.26. The Kier molecular flexibility index (Phi) is 6.23. The van der Waals surface area contributed by atoms with Crippen LogP contribution in [0, 0.1) is 11.8 Å². The Morgan fingerprint density at radius 1 is 1.00 bits per heavy atom. The molecule has 0 radical (unpaired) electrons. The van der Waals surface area contributed by atoms with E-state index in [0.29, 0.717) is 18.7 Å². The molecule has 2 amide bonds. The number of amides is 2. The third-order valence-electron chi connectivity index (χ3n) is 4.46. The van der Waals surface area contributed by atoms with Gasteiger partial charge in [0.05, 0.1) is 0 Å². The van der Waals surface area contributed by atoms with Crippen molar-refractivity contribution in [3.05, 3.63) is 65.7 Å². The van der Waals surface area contributed by atoms with Crippen molar-refractivity contribution in [2.24, 2.45) is 0 Å². The van der Waals surface area contributed by atoms with Crippen molar-refractivity contribution in [3.63, 3.8) is 0 Å². The van der Waals surface area contributed by atoms with Crippen LogP contribution in [0.15, 0.2) is 54.6 Å². The minimum atomic E-state index is -0.586. The van der Waals surface area contributed by atoms with E-state index < -0.39 is 17.7 Å². The topological polar surface area (TPSA) is 58.6 Å². The fraction of sp³-hybridized carbons (Fsp3) is 0.333. The monoisotopic (exact) mass is 390 g/mol. The van der Waals surface area contributed by atoms with Gasteiger partial charge < -0.3 is 10.1 Å².